The molecule has 10 aliphatic rings. The summed E-state index contributed by atoms with van der Waals surface area (Å²) in [6, 6.07) is 34.6. The molecule has 8 unspecified atom stereocenters. The highest BCUT2D eigenvalue weighted by Crippen LogP contribution is 2.57. The van der Waals surface area contributed by atoms with Crippen molar-refractivity contribution in [1.82, 2.24) is 20.0 Å². The lowest BCUT2D eigenvalue weighted by atomic mass is 9.71. The maximum atomic E-state index is 12.9. The van der Waals surface area contributed by atoms with Crippen LogP contribution in [0, 0.1) is 23.7 Å². The minimum Gasteiger partial charge on any atom is -0.480 e. The second kappa shape index (κ2) is 38.6. The van der Waals surface area contributed by atoms with Crippen molar-refractivity contribution in [3.63, 3.8) is 0 Å². The van der Waals surface area contributed by atoms with E-state index in [0.717, 1.165) is 131 Å². The maximum absolute atomic E-state index is 12.9. The highest BCUT2D eigenvalue weighted by atomic mass is 79.9. The SMILES string of the molecule is BrCc1ccccc1Br.CC(C)(C)OC(=O)C12CCCN1CC1CCCCC12.CC(C)(C)OC(=O)C1CCCN1.CC(C)(C)OC(=O)C1CCCN1Cc1ccccc1Br.CN(C)c1ccccc1-c1ccccc1P(C1CCCCC1)C1CCCCC1.O=C(O)C12CCCN1CC1CCCCC12. The van der Waals surface area contributed by atoms with Crippen molar-refractivity contribution in [1.29, 1.82) is 0 Å². The van der Waals surface area contributed by atoms with Crippen LogP contribution in [0.1, 0.15) is 240 Å². The number of carbonyl (C=O) groups excluding carboxylic acids is 3. The number of hydrogen-bond donors (Lipinski definition) is 2. The molecule has 103 heavy (non-hydrogen) atoms. The van der Waals surface area contributed by atoms with Crippen LogP contribution in [-0.4, -0.2) is 148 Å². The summed E-state index contributed by atoms with van der Waals surface area (Å²) in [4.78, 5) is 57.3. The lowest BCUT2D eigenvalue weighted by Crippen LogP contribution is -2.53. The van der Waals surface area contributed by atoms with Crippen molar-refractivity contribution in [2.45, 2.75) is 292 Å². The van der Waals surface area contributed by atoms with E-state index < -0.39 is 17.1 Å². The van der Waals surface area contributed by atoms with E-state index >= 15 is 0 Å². The number of carbonyl (C=O) groups is 4. The molecule has 0 radical (unpaired) electrons. The number of rotatable bonds is 12. The van der Waals surface area contributed by atoms with Crippen LogP contribution in [0.25, 0.3) is 11.1 Å². The molecule has 0 aromatic heterocycles. The summed E-state index contributed by atoms with van der Waals surface area (Å²) in [5.74, 6) is 1.73. The average molecular weight is 1630 g/mol. The van der Waals surface area contributed by atoms with Gasteiger partial charge in [0, 0.05) is 59.3 Å². The Morgan fingerprint density at radius 3 is 1.51 bits per heavy atom. The van der Waals surface area contributed by atoms with Gasteiger partial charge in [-0.05, 0) is 266 Å². The van der Waals surface area contributed by atoms with Crippen molar-refractivity contribution in [2.75, 3.05) is 58.3 Å². The summed E-state index contributed by atoms with van der Waals surface area (Å²) in [7, 11) is 4.26. The standard InChI is InChI=1S/C26H36NP.C16H22BrNO2.C16H27NO2.C12H19NO2.C9H17NO2.C7H6Br2/c1-27(2)25-19-11-9-17-23(25)24-18-10-12-20-26(24)28(21-13-5-3-6-14-21)22-15-7-4-8-16-22;1-16(2,3)20-15(19)14-9-6-10-18(14)11-12-7-4-5-8-13(12)17;1-15(2,3)19-14(18)16-9-6-10-17(16)11-12-7-4-5-8-13(12)16;14-11(15)12-6-3-7-13(12)8-9-4-1-2-5-10(9)12;1-9(2,3)12-8(11)7-5-4-6-10-7;8-5-6-3-1-2-4-7(6)9/h9-12,17-22H,3-8,13-16H2,1-2H3;4-5,7-8,14H,6,9-11H2,1-3H3;12-13H,4-11H2,1-3H3;9-10H,1-8H2,(H,14,15);7,10H,4-6H2,1-3H3;1-4H,5H2. The van der Waals surface area contributed by atoms with Gasteiger partial charge >= 0.3 is 23.9 Å². The van der Waals surface area contributed by atoms with Gasteiger partial charge in [0.2, 0.25) is 0 Å². The Labute approximate surface area is 647 Å². The quantitative estimate of drug-likeness (QED) is 0.0602. The van der Waals surface area contributed by atoms with Gasteiger partial charge in [0.05, 0.1) is 0 Å². The van der Waals surface area contributed by atoms with Crippen LogP contribution in [-0.2, 0) is 45.3 Å². The monoisotopic (exact) mass is 1630 g/mol. The average Bonchev–Trinajstić information content (AvgIpc) is 1.59. The van der Waals surface area contributed by atoms with Gasteiger partial charge in [-0.2, -0.15) is 0 Å². The first-order chi connectivity index (χ1) is 49.1. The number of para-hydroxylation sites is 1. The normalized spacial score (nSPS) is 26.5. The second-order valence-electron chi connectivity index (χ2n) is 34.1. The fourth-order valence-corrected chi connectivity index (χ4v) is 24.4. The summed E-state index contributed by atoms with van der Waals surface area (Å²) in [5, 5.41) is 15.3. The molecular formula is C86H127Br3N5O8P. The van der Waals surface area contributed by atoms with Crippen LogP contribution in [0.5, 0.6) is 0 Å². The van der Waals surface area contributed by atoms with Crippen molar-refractivity contribution >= 4 is 90.6 Å². The lowest BCUT2D eigenvalue weighted by molar-refractivity contribution is -0.169. The molecular weight excluding hydrogens is 1500 g/mol. The third-order valence-corrected chi connectivity index (χ3v) is 28.9. The fourth-order valence-electron chi connectivity index (χ4n) is 18.8. The molecule has 8 atom stereocenters. The molecule has 6 aliphatic heterocycles. The molecule has 4 aliphatic carbocycles. The van der Waals surface area contributed by atoms with Gasteiger partial charge in [-0.15, -0.1) is 0 Å². The number of aliphatic carboxylic acids is 1. The molecule has 2 N–H and O–H groups in total. The van der Waals surface area contributed by atoms with Crippen LogP contribution in [0.15, 0.2) is 106 Å². The molecule has 4 aromatic carbocycles. The Morgan fingerprint density at radius 1 is 0.524 bits per heavy atom. The largest absolute Gasteiger partial charge is 0.480 e. The van der Waals surface area contributed by atoms with E-state index in [2.05, 4.69) is 147 Å². The maximum Gasteiger partial charge on any atom is 0.327 e. The number of carboxylic acids is 1. The lowest BCUT2D eigenvalue weighted by Gasteiger charge is -2.39. The first-order valence-corrected chi connectivity index (χ1v) is 43.9. The van der Waals surface area contributed by atoms with Crippen molar-refractivity contribution in [2.24, 2.45) is 23.7 Å². The van der Waals surface area contributed by atoms with E-state index in [-0.39, 0.29) is 54.7 Å². The molecule has 4 aromatic rings. The molecule has 13 nitrogen and oxygen atoms in total. The highest BCUT2D eigenvalue weighted by Gasteiger charge is 2.62. The third-order valence-electron chi connectivity index (χ3n) is 23.2. The number of nitrogens with zero attached hydrogens (tertiary/aromatic N) is 4. The van der Waals surface area contributed by atoms with Crippen molar-refractivity contribution in [3.05, 3.63) is 117 Å². The zero-order chi connectivity index (χ0) is 74.1. The smallest absolute Gasteiger partial charge is 0.327 e. The minimum atomic E-state index is -0.547. The third kappa shape index (κ3) is 22.3. The first kappa shape index (κ1) is 83.3. The molecule has 6 heterocycles. The van der Waals surface area contributed by atoms with Gasteiger partial charge in [0.15, 0.2) is 0 Å². The Hall–Kier alpha value is -3.73. The van der Waals surface area contributed by atoms with E-state index in [1.54, 1.807) is 5.30 Å². The van der Waals surface area contributed by atoms with Gasteiger partial charge < -0.3 is 29.5 Å². The molecule has 6 saturated heterocycles. The summed E-state index contributed by atoms with van der Waals surface area (Å²) in [6.07, 6.45) is 32.8. The molecule has 4 saturated carbocycles. The number of hydrogen-bond acceptors (Lipinski definition) is 12. The summed E-state index contributed by atoms with van der Waals surface area (Å²) >= 11 is 10.4. The van der Waals surface area contributed by atoms with Crippen molar-refractivity contribution < 1.29 is 38.5 Å². The summed E-state index contributed by atoms with van der Waals surface area (Å²) in [5.41, 5.74) is 6.80. The predicted molar refractivity (Wildman–Crippen MR) is 435 cm³/mol. The Bertz CT molecular complexity index is 3340. The number of alkyl halides is 1. The Kier molecular flexibility index (Phi) is 31.2. The number of ether oxygens (including phenoxy) is 3. The van der Waals surface area contributed by atoms with E-state index in [9.17, 15) is 24.3 Å². The zero-order valence-corrected chi connectivity index (χ0v) is 70.2. The van der Waals surface area contributed by atoms with Gasteiger partial charge in [-0.25, -0.2) is 0 Å². The van der Waals surface area contributed by atoms with Crippen LogP contribution in [0.4, 0.5) is 5.69 Å². The van der Waals surface area contributed by atoms with Gasteiger partial charge in [0.25, 0.3) is 0 Å². The number of carboxylic acid groups (broad SMARTS) is 1. The second-order valence-corrected chi connectivity index (χ2v) is 39.2. The van der Waals surface area contributed by atoms with Gasteiger partial charge in [0.1, 0.15) is 40.0 Å². The van der Waals surface area contributed by atoms with Crippen LogP contribution in [0.2, 0.25) is 0 Å². The predicted octanol–water partition coefficient (Wildman–Crippen LogP) is 20.1. The zero-order valence-electron chi connectivity index (χ0n) is 64.6. The van der Waals surface area contributed by atoms with E-state index in [4.69, 9.17) is 14.2 Å². The molecule has 0 spiro atoms. The van der Waals surface area contributed by atoms with Crippen LogP contribution in [0.3, 0.4) is 0 Å². The summed E-state index contributed by atoms with van der Waals surface area (Å²) < 4.78 is 18.8. The van der Waals surface area contributed by atoms with Crippen LogP contribution >= 0.6 is 55.7 Å². The Morgan fingerprint density at radius 2 is 1.00 bits per heavy atom. The van der Waals surface area contributed by atoms with E-state index in [1.165, 1.54) is 142 Å². The molecule has 14 rings (SSSR count). The molecule has 0 bridgehead atoms. The molecule has 570 valence electrons. The summed E-state index contributed by atoms with van der Waals surface area (Å²) in [6.45, 7) is 24.3. The van der Waals surface area contributed by atoms with E-state index in [0.29, 0.717) is 17.8 Å². The van der Waals surface area contributed by atoms with Gasteiger partial charge in [-0.3, -0.25) is 33.9 Å². The minimum absolute atomic E-state index is 0.0619. The first-order valence-electron chi connectivity index (χ1n) is 39.7. The highest BCUT2D eigenvalue weighted by molar-refractivity contribution is 9.11. The fraction of sp³-hybridized carbons (Fsp3) is 0.674. The molecule has 0 amide bonds. The van der Waals surface area contributed by atoms with Crippen molar-refractivity contribution in [3.8, 4) is 11.1 Å². The number of likely N-dealkylation sites (tertiary alicyclic amines) is 1. The molecule has 10 fully saturated rings. The number of anilines is 1. The number of esters is 3. The number of halogens is 3. The van der Waals surface area contributed by atoms with E-state index in [1.807, 2.05) is 98.7 Å². The van der Waals surface area contributed by atoms with Crippen LogP contribution < -0.4 is 15.5 Å². The number of fused-ring (bicyclic) bond motifs is 6. The number of nitrogens with one attached hydrogen (secondary N) is 1. The number of benzene rings is 4. The Balaban J connectivity index is 0.000000148. The topological polar surface area (TPSA) is 141 Å². The molecule has 17 heteroatoms. The van der Waals surface area contributed by atoms with Gasteiger partial charge in [-0.1, -0.05) is 199 Å².